The van der Waals surface area contributed by atoms with Crippen molar-refractivity contribution in [1.29, 1.82) is 0 Å². The van der Waals surface area contributed by atoms with E-state index in [4.69, 9.17) is 0 Å². The fraction of sp³-hybridized carbons (Fsp3) is 0.312. The number of aromatic amines is 1. The van der Waals surface area contributed by atoms with Gasteiger partial charge in [-0.25, -0.2) is 5.10 Å². The lowest BCUT2D eigenvalue weighted by Gasteiger charge is -2.19. The molecule has 0 spiro atoms. The normalized spacial score (nSPS) is 11.2. The number of para-hydroxylation sites is 1. The van der Waals surface area contributed by atoms with Gasteiger partial charge < -0.3 is 9.47 Å². The van der Waals surface area contributed by atoms with Crippen LogP contribution in [0.1, 0.15) is 13.8 Å². The van der Waals surface area contributed by atoms with Crippen molar-refractivity contribution < 1.29 is 4.79 Å². The zero-order chi connectivity index (χ0) is 15.7. The Morgan fingerprint density at radius 1 is 1.23 bits per heavy atom. The van der Waals surface area contributed by atoms with Crippen LogP contribution < -0.4 is 5.56 Å². The van der Waals surface area contributed by atoms with Gasteiger partial charge in [0.2, 0.25) is 5.91 Å². The van der Waals surface area contributed by atoms with Crippen LogP contribution in [-0.4, -0.2) is 38.7 Å². The molecule has 22 heavy (non-hydrogen) atoms. The summed E-state index contributed by atoms with van der Waals surface area (Å²) in [5.41, 5.74) is 1.09. The number of carbonyl (C=O) groups excluding carboxylic acids is 1. The van der Waals surface area contributed by atoms with Gasteiger partial charge in [-0.2, -0.15) is 5.10 Å². The molecule has 0 radical (unpaired) electrons. The largest absolute Gasteiger partial charge is 0.342 e. The molecule has 1 N–H and O–H groups in total. The van der Waals surface area contributed by atoms with Crippen LogP contribution in [0.3, 0.4) is 0 Å². The number of likely N-dealkylation sites (N-methyl/N-ethyl adjacent to an activating group) is 1. The van der Waals surface area contributed by atoms with E-state index in [-0.39, 0.29) is 18.0 Å². The van der Waals surface area contributed by atoms with E-state index in [9.17, 15) is 9.59 Å². The second-order valence-electron chi connectivity index (χ2n) is 5.13. The zero-order valence-corrected chi connectivity index (χ0v) is 12.7. The third-order valence-electron chi connectivity index (χ3n) is 3.99. The third kappa shape index (κ3) is 2.16. The van der Waals surface area contributed by atoms with Gasteiger partial charge in [0.1, 0.15) is 12.1 Å². The number of carbonyl (C=O) groups is 1. The molecule has 114 valence electrons. The first-order valence-corrected chi connectivity index (χ1v) is 7.39. The van der Waals surface area contributed by atoms with E-state index in [0.717, 1.165) is 16.3 Å². The fourth-order valence-corrected chi connectivity index (χ4v) is 2.89. The van der Waals surface area contributed by atoms with E-state index in [2.05, 4.69) is 10.2 Å². The summed E-state index contributed by atoms with van der Waals surface area (Å²) in [6.07, 6.45) is 1.64. The fourth-order valence-electron chi connectivity index (χ4n) is 2.89. The number of hydrogen-bond donors (Lipinski definition) is 1. The molecule has 0 saturated heterocycles. The highest BCUT2D eigenvalue weighted by Crippen LogP contribution is 2.25. The Labute approximate surface area is 127 Å². The number of hydrogen-bond acceptors (Lipinski definition) is 3. The Hall–Kier alpha value is -2.63. The van der Waals surface area contributed by atoms with Crippen molar-refractivity contribution in [3.05, 3.63) is 40.8 Å². The van der Waals surface area contributed by atoms with Gasteiger partial charge in [-0.15, -0.1) is 0 Å². The van der Waals surface area contributed by atoms with E-state index in [1.54, 1.807) is 15.7 Å². The van der Waals surface area contributed by atoms with Crippen LogP contribution in [0.15, 0.2) is 35.3 Å². The standard InChI is InChI=1S/C16H18N4O2/c1-3-19(4-2)14(21)10-20-13-8-6-5-7-11(13)12-9-17-18-16(22)15(12)20/h5-9H,3-4,10H2,1-2H3,(H,18,22). The van der Waals surface area contributed by atoms with E-state index in [1.807, 2.05) is 38.1 Å². The maximum absolute atomic E-state index is 12.4. The second kappa shape index (κ2) is 5.63. The number of aromatic nitrogens is 3. The van der Waals surface area contributed by atoms with Crippen molar-refractivity contribution in [3.8, 4) is 0 Å². The number of nitrogens with zero attached hydrogens (tertiary/aromatic N) is 3. The summed E-state index contributed by atoms with van der Waals surface area (Å²) >= 11 is 0. The lowest BCUT2D eigenvalue weighted by molar-refractivity contribution is -0.131. The summed E-state index contributed by atoms with van der Waals surface area (Å²) < 4.78 is 1.78. The van der Waals surface area contributed by atoms with Crippen molar-refractivity contribution in [3.63, 3.8) is 0 Å². The number of benzene rings is 1. The molecule has 2 aromatic heterocycles. The molecular weight excluding hydrogens is 280 g/mol. The quantitative estimate of drug-likeness (QED) is 0.797. The van der Waals surface area contributed by atoms with Crippen molar-refractivity contribution in [2.45, 2.75) is 20.4 Å². The first-order chi connectivity index (χ1) is 10.7. The van der Waals surface area contributed by atoms with Crippen LogP contribution in [0, 0.1) is 0 Å². The monoisotopic (exact) mass is 298 g/mol. The Balaban J connectivity index is 2.22. The van der Waals surface area contributed by atoms with Crippen LogP contribution in [-0.2, 0) is 11.3 Å². The van der Waals surface area contributed by atoms with E-state index in [1.165, 1.54) is 0 Å². The molecular formula is C16H18N4O2. The number of rotatable bonds is 4. The molecule has 1 amide bonds. The Morgan fingerprint density at radius 3 is 2.68 bits per heavy atom. The highest BCUT2D eigenvalue weighted by molar-refractivity contribution is 6.07. The zero-order valence-electron chi connectivity index (χ0n) is 12.7. The van der Waals surface area contributed by atoms with Crippen molar-refractivity contribution in [2.75, 3.05) is 13.1 Å². The van der Waals surface area contributed by atoms with E-state index >= 15 is 0 Å². The van der Waals surface area contributed by atoms with Crippen LogP contribution in [0.5, 0.6) is 0 Å². The van der Waals surface area contributed by atoms with Gasteiger partial charge in [-0.1, -0.05) is 18.2 Å². The summed E-state index contributed by atoms with van der Waals surface area (Å²) in [5.74, 6) is 0.00358. The van der Waals surface area contributed by atoms with Crippen LogP contribution >= 0.6 is 0 Å². The van der Waals surface area contributed by atoms with Gasteiger partial charge in [0, 0.05) is 29.4 Å². The molecule has 0 fully saturated rings. The molecule has 6 heteroatoms. The van der Waals surface area contributed by atoms with Crippen LogP contribution in [0.4, 0.5) is 0 Å². The smallest absolute Gasteiger partial charge is 0.288 e. The number of nitrogens with one attached hydrogen (secondary N) is 1. The van der Waals surface area contributed by atoms with Gasteiger partial charge in [0.05, 0.1) is 6.20 Å². The molecule has 0 bridgehead atoms. The van der Waals surface area contributed by atoms with E-state index < -0.39 is 0 Å². The molecule has 3 aromatic rings. The number of H-pyrrole nitrogens is 1. The SMILES string of the molecule is CCN(CC)C(=O)Cn1c2ccccc2c2cn[nH]c(=O)c21. The summed E-state index contributed by atoms with van der Waals surface area (Å²) in [6, 6.07) is 7.68. The second-order valence-corrected chi connectivity index (χ2v) is 5.13. The lowest BCUT2D eigenvalue weighted by atomic mass is 10.2. The summed E-state index contributed by atoms with van der Waals surface area (Å²) in [4.78, 5) is 26.4. The molecule has 0 unspecified atom stereocenters. The maximum atomic E-state index is 12.4. The van der Waals surface area contributed by atoms with Crippen molar-refractivity contribution in [1.82, 2.24) is 19.7 Å². The molecule has 0 aliphatic heterocycles. The average Bonchev–Trinajstić information content (AvgIpc) is 2.84. The molecule has 0 saturated carbocycles. The molecule has 0 aliphatic carbocycles. The van der Waals surface area contributed by atoms with Gasteiger partial charge in [-0.3, -0.25) is 9.59 Å². The van der Waals surface area contributed by atoms with Gasteiger partial charge in [0.25, 0.3) is 5.56 Å². The predicted octanol–water partition coefficient (Wildman–Crippen LogP) is 1.75. The minimum Gasteiger partial charge on any atom is -0.342 e. The Morgan fingerprint density at radius 2 is 1.95 bits per heavy atom. The number of fused-ring (bicyclic) bond motifs is 3. The highest BCUT2D eigenvalue weighted by atomic mass is 16.2. The predicted molar refractivity (Wildman–Crippen MR) is 85.8 cm³/mol. The Kier molecular flexibility index (Phi) is 3.66. The van der Waals surface area contributed by atoms with Crippen molar-refractivity contribution in [2.24, 2.45) is 0 Å². The Bertz CT molecular complexity index is 890. The average molecular weight is 298 g/mol. The van der Waals surface area contributed by atoms with Gasteiger partial charge in [0.15, 0.2) is 0 Å². The summed E-state index contributed by atoms with van der Waals surface area (Å²) in [5, 5.41) is 8.03. The first kappa shape index (κ1) is 14.3. The topological polar surface area (TPSA) is 71.0 Å². The lowest BCUT2D eigenvalue weighted by Crippen LogP contribution is -2.33. The van der Waals surface area contributed by atoms with Crippen LogP contribution in [0.25, 0.3) is 21.8 Å². The van der Waals surface area contributed by atoms with Crippen LogP contribution in [0.2, 0.25) is 0 Å². The summed E-state index contributed by atoms with van der Waals surface area (Å²) in [7, 11) is 0. The first-order valence-electron chi connectivity index (χ1n) is 7.39. The third-order valence-corrected chi connectivity index (χ3v) is 3.99. The molecule has 2 heterocycles. The molecule has 0 aliphatic rings. The molecule has 3 rings (SSSR count). The number of amides is 1. The maximum Gasteiger partial charge on any atom is 0.288 e. The summed E-state index contributed by atoms with van der Waals surface area (Å²) in [6.45, 7) is 5.36. The van der Waals surface area contributed by atoms with E-state index in [0.29, 0.717) is 18.6 Å². The minimum atomic E-state index is -0.277. The van der Waals surface area contributed by atoms with Gasteiger partial charge >= 0.3 is 0 Å². The molecule has 0 atom stereocenters. The molecule has 6 nitrogen and oxygen atoms in total. The van der Waals surface area contributed by atoms with Gasteiger partial charge in [-0.05, 0) is 19.9 Å². The highest BCUT2D eigenvalue weighted by Gasteiger charge is 2.17. The molecule has 1 aromatic carbocycles. The minimum absolute atomic E-state index is 0.00358. The van der Waals surface area contributed by atoms with Crippen molar-refractivity contribution >= 4 is 27.7 Å².